The second-order valence-electron chi connectivity index (χ2n) is 4.41. The van der Waals surface area contributed by atoms with Gasteiger partial charge in [0.05, 0.1) is 5.92 Å². The molecule has 0 aliphatic heterocycles. The van der Waals surface area contributed by atoms with E-state index in [1.54, 1.807) is 0 Å². The van der Waals surface area contributed by atoms with E-state index in [1.807, 2.05) is 27.7 Å². The van der Waals surface area contributed by atoms with Gasteiger partial charge in [0.15, 0.2) is 0 Å². The second-order valence-corrected chi connectivity index (χ2v) is 4.41. The first kappa shape index (κ1) is 12.7. The molecule has 0 aromatic heterocycles. The van der Waals surface area contributed by atoms with Crippen LogP contribution in [-0.4, -0.2) is 11.1 Å². The maximum atomic E-state index is 10.7. The molecule has 0 bridgehead atoms. The van der Waals surface area contributed by atoms with Crippen LogP contribution in [0.1, 0.15) is 27.7 Å². The van der Waals surface area contributed by atoms with E-state index in [0.29, 0.717) is 0 Å². The fraction of sp³-hybridized carbons (Fsp3) is 0.700. The molecule has 0 saturated heterocycles. The van der Waals surface area contributed by atoms with Crippen molar-refractivity contribution in [3.05, 3.63) is 11.6 Å². The molecule has 1 N–H and O–H groups in total. The number of carboxylic acids is 1. The molecule has 1 fully saturated rings. The Morgan fingerprint density at radius 2 is 1.85 bits per heavy atom. The van der Waals surface area contributed by atoms with E-state index in [4.69, 9.17) is 5.11 Å². The summed E-state index contributed by atoms with van der Waals surface area (Å²) in [6.45, 7) is 8.03. The van der Waals surface area contributed by atoms with Gasteiger partial charge in [-0.2, -0.15) is 0 Å². The minimum Gasteiger partial charge on any atom is -0.481 e. The minimum absolute atomic E-state index is 0. The summed E-state index contributed by atoms with van der Waals surface area (Å²) in [4.78, 5) is 10.7. The molecule has 0 aromatic rings. The molecule has 2 atom stereocenters. The van der Waals surface area contributed by atoms with E-state index in [9.17, 15) is 4.79 Å². The Balaban J connectivity index is 0.00000144. The summed E-state index contributed by atoms with van der Waals surface area (Å²) in [6.07, 6.45) is 2.07. The number of hydrogen-bond donors (Lipinski definition) is 1. The summed E-state index contributed by atoms with van der Waals surface area (Å²) in [5.74, 6) is -0.602. The van der Waals surface area contributed by atoms with E-state index < -0.39 is 5.97 Å². The van der Waals surface area contributed by atoms with Crippen LogP contribution in [0.2, 0.25) is 0 Å². The normalized spacial score (nSPS) is 28.6. The van der Waals surface area contributed by atoms with Gasteiger partial charge in [0.2, 0.25) is 0 Å². The number of aliphatic carboxylic acids is 1. The van der Waals surface area contributed by atoms with Gasteiger partial charge in [0.25, 0.3) is 0 Å². The van der Waals surface area contributed by atoms with Crippen LogP contribution in [0.15, 0.2) is 11.6 Å². The fourth-order valence-electron chi connectivity index (χ4n) is 1.82. The third-order valence-electron chi connectivity index (χ3n) is 2.69. The summed E-state index contributed by atoms with van der Waals surface area (Å²) in [7, 11) is 0. The zero-order valence-corrected chi connectivity index (χ0v) is 9.55. The van der Waals surface area contributed by atoms with Crippen molar-refractivity contribution in [1.82, 2.24) is 0 Å². The number of carbonyl (C=O) groups is 1. The molecule has 0 heterocycles. The van der Waals surface area contributed by atoms with Crippen molar-refractivity contribution in [2.75, 3.05) is 0 Å². The standard InChI is InChI=1S/C10H16O2.Fe/c1-6(2)5-7-8(9(11)12)10(7,3)4;/h5,7-8H,1-4H3,(H,11,12);. The Morgan fingerprint density at radius 1 is 1.38 bits per heavy atom. The first-order valence-corrected chi connectivity index (χ1v) is 4.25. The van der Waals surface area contributed by atoms with Crippen molar-refractivity contribution in [2.45, 2.75) is 27.7 Å². The van der Waals surface area contributed by atoms with Gasteiger partial charge >= 0.3 is 5.97 Å². The quantitative estimate of drug-likeness (QED) is 0.577. The maximum absolute atomic E-state index is 10.7. The van der Waals surface area contributed by atoms with Crippen LogP contribution in [0, 0.1) is 17.3 Å². The van der Waals surface area contributed by atoms with Crippen molar-refractivity contribution in [3.8, 4) is 0 Å². The van der Waals surface area contributed by atoms with Crippen LogP contribution in [0.25, 0.3) is 0 Å². The third-order valence-corrected chi connectivity index (χ3v) is 2.69. The second kappa shape index (κ2) is 3.85. The van der Waals surface area contributed by atoms with Gasteiger partial charge in [-0.1, -0.05) is 25.5 Å². The number of carboxylic acid groups (broad SMARTS) is 1. The van der Waals surface area contributed by atoms with Gasteiger partial charge in [-0.25, -0.2) is 0 Å². The first-order chi connectivity index (χ1) is 5.37. The van der Waals surface area contributed by atoms with Gasteiger partial charge in [0.1, 0.15) is 0 Å². The zero-order valence-electron chi connectivity index (χ0n) is 8.44. The monoisotopic (exact) mass is 224 g/mol. The molecule has 1 aliphatic carbocycles. The Labute approximate surface area is 89.9 Å². The fourth-order valence-corrected chi connectivity index (χ4v) is 1.82. The molecule has 2 nitrogen and oxygen atoms in total. The third kappa shape index (κ3) is 2.35. The minimum atomic E-state index is -0.664. The molecule has 0 radical (unpaired) electrons. The number of rotatable bonds is 2. The topological polar surface area (TPSA) is 37.3 Å². The van der Waals surface area contributed by atoms with Crippen molar-refractivity contribution in [2.24, 2.45) is 17.3 Å². The van der Waals surface area contributed by atoms with Gasteiger partial charge < -0.3 is 5.11 Å². The van der Waals surface area contributed by atoms with Crippen LogP contribution < -0.4 is 0 Å². The average Bonchev–Trinajstić information content (AvgIpc) is 2.32. The van der Waals surface area contributed by atoms with Crippen LogP contribution in [-0.2, 0) is 21.9 Å². The smallest absolute Gasteiger partial charge is 0.307 e. The van der Waals surface area contributed by atoms with Gasteiger partial charge in [-0.3, -0.25) is 4.79 Å². The summed E-state index contributed by atoms with van der Waals surface area (Å²) in [5, 5.41) is 8.84. The predicted octanol–water partition coefficient (Wildman–Crippen LogP) is 2.31. The summed E-state index contributed by atoms with van der Waals surface area (Å²) in [6, 6.07) is 0. The predicted molar refractivity (Wildman–Crippen MR) is 47.8 cm³/mol. The van der Waals surface area contributed by atoms with Crippen LogP contribution in [0.4, 0.5) is 0 Å². The van der Waals surface area contributed by atoms with Gasteiger partial charge in [-0.05, 0) is 25.2 Å². The molecule has 0 amide bonds. The Bertz CT molecular complexity index is 239. The van der Waals surface area contributed by atoms with Gasteiger partial charge in [-0.15, -0.1) is 0 Å². The van der Waals surface area contributed by atoms with Crippen LogP contribution >= 0.6 is 0 Å². The molecule has 1 rings (SSSR count). The zero-order chi connectivity index (χ0) is 9.52. The van der Waals surface area contributed by atoms with Crippen LogP contribution in [0.3, 0.4) is 0 Å². The SMILES string of the molecule is CC(C)=CC1C(C(=O)O)C1(C)C.[Fe]. The first-order valence-electron chi connectivity index (χ1n) is 4.25. The molecule has 13 heavy (non-hydrogen) atoms. The van der Waals surface area contributed by atoms with Crippen molar-refractivity contribution < 1.29 is 27.0 Å². The number of hydrogen-bond acceptors (Lipinski definition) is 1. The summed E-state index contributed by atoms with van der Waals surface area (Å²) in [5.41, 5.74) is 1.17. The molecule has 0 spiro atoms. The van der Waals surface area contributed by atoms with Crippen molar-refractivity contribution in [3.63, 3.8) is 0 Å². The molecule has 76 valence electrons. The Kier molecular flexibility index (Phi) is 3.77. The average molecular weight is 224 g/mol. The molecule has 2 unspecified atom stereocenters. The molecule has 3 heteroatoms. The summed E-state index contributed by atoms with van der Waals surface area (Å²) >= 11 is 0. The Hall–Kier alpha value is -0.271. The molecule has 1 saturated carbocycles. The molecular weight excluding hydrogens is 208 g/mol. The van der Waals surface area contributed by atoms with Crippen LogP contribution in [0.5, 0.6) is 0 Å². The van der Waals surface area contributed by atoms with Crippen molar-refractivity contribution >= 4 is 5.97 Å². The van der Waals surface area contributed by atoms with E-state index in [0.717, 1.165) is 0 Å². The molecule has 1 aliphatic rings. The van der Waals surface area contributed by atoms with E-state index in [-0.39, 0.29) is 34.3 Å². The molecule has 0 aromatic carbocycles. The Morgan fingerprint density at radius 3 is 2.08 bits per heavy atom. The van der Waals surface area contributed by atoms with Crippen molar-refractivity contribution in [1.29, 1.82) is 0 Å². The largest absolute Gasteiger partial charge is 0.481 e. The van der Waals surface area contributed by atoms with Gasteiger partial charge in [0, 0.05) is 17.1 Å². The maximum Gasteiger partial charge on any atom is 0.307 e. The summed E-state index contributed by atoms with van der Waals surface area (Å²) < 4.78 is 0. The van der Waals surface area contributed by atoms with E-state index in [2.05, 4.69) is 6.08 Å². The van der Waals surface area contributed by atoms with E-state index in [1.165, 1.54) is 5.57 Å². The number of allylic oxidation sites excluding steroid dienone is 2. The van der Waals surface area contributed by atoms with E-state index >= 15 is 0 Å². The molecular formula is C10H16FeO2.